The average molecular weight is 356 g/mol. The van der Waals surface area contributed by atoms with Crippen LogP contribution >= 0.6 is 39.1 Å². The third-order valence-corrected chi connectivity index (χ3v) is 4.71. The molecule has 0 aliphatic heterocycles. The fraction of sp³-hybridized carbons (Fsp3) is 0.571. The highest BCUT2D eigenvalue weighted by molar-refractivity contribution is 9.10. The summed E-state index contributed by atoms with van der Waals surface area (Å²) in [6, 6.07) is 5.08. The van der Waals surface area contributed by atoms with Gasteiger partial charge >= 0.3 is 0 Å². The van der Waals surface area contributed by atoms with E-state index in [0.29, 0.717) is 22.2 Å². The Kier molecular flexibility index (Phi) is 6.43. The summed E-state index contributed by atoms with van der Waals surface area (Å²) in [7, 11) is 0. The van der Waals surface area contributed by atoms with Gasteiger partial charge in [0.05, 0.1) is 4.47 Å². The van der Waals surface area contributed by atoms with Crippen LogP contribution in [-0.2, 0) is 6.42 Å². The van der Waals surface area contributed by atoms with Crippen LogP contribution in [0.25, 0.3) is 0 Å². The maximum absolute atomic E-state index is 13.2. The fourth-order valence-electron chi connectivity index (χ4n) is 2.26. The van der Waals surface area contributed by atoms with Crippen molar-refractivity contribution in [1.29, 1.82) is 0 Å². The maximum atomic E-state index is 13.2. The smallest absolute Gasteiger partial charge is 0.137 e. The van der Waals surface area contributed by atoms with E-state index in [0.717, 1.165) is 18.4 Å². The van der Waals surface area contributed by atoms with Crippen molar-refractivity contribution in [2.24, 2.45) is 11.3 Å². The summed E-state index contributed by atoms with van der Waals surface area (Å²) in [6.07, 6.45) is 1.74. The molecule has 0 N–H and O–H groups in total. The first kappa shape index (κ1) is 16.3. The van der Waals surface area contributed by atoms with Gasteiger partial charge in [-0.1, -0.05) is 19.9 Å². The lowest BCUT2D eigenvalue weighted by Crippen LogP contribution is -2.30. The minimum absolute atomic E-state index is 0.117. The van der Waals surface area contributed by atoms with Crippen molar-refractivity contribution in [3.05, 3.63) is 34.1 Å². The zero-order valence-corrected chi connectivity index (χ0v) is 13.7. The lowest BCUT2D eigenvalue weighted by atomic mass is 9.78. The highest BCUT2D eigenvalue weighted by atomic mass is 79.9. The molecule has 1 rings (SSSR count). The number of alkyl halides is 2. The van der Waals surface area contributed by atoms with Crippen LogP contribution in [-0.4, -0.2) is 11.8 Å². The summed E-state index contributed by atoms with van der Waals surface area (Å²) >= 11 is 15.4. The Morgan fingerprint density at radius 3 is 2.33 bits per heavy atom. The Balaban J connectivity index is 2.92. The molecular formula is C14H18BrCl2F. The molecule has 1 aromatic carbocycles. The first-order valence-corrected chi connectivity index (χ1v) is 7.84. The topological polar surface area (TPSA) is 0 Å². The van der Waals surface area contributed by atoms with Gasteiger partial charge in [-0.05, 0) is 52.4 Å². The molecule has 102 valence electrons. The van der Waals surface area contributed by atoms with Crippen molar-refractivity contribution in [3.63, 3.8) is 0 Å². The number of rotatable bonds is 6. The predicted molar refractivity (Wildman–Crippen MR) is 81.1 cm³/mol. The van der Waals surface area contributed by atoms with E-state index >= 15 is 0 Å². The fourth-order valence-corrected chi connectivity index (χ4v) is 3.38. The number of hydrogen-bond donors (Lipinski definition) is 0. The Hall–Kier alpha value is 0.210. The second-order valence-corrected chi connectivity index (χ2v) is 6.68. The third-order valence-electron chi connectivity index (χ3n) is 2.97. The molecular weight excluding hydrogens is 338 g/mol. The molecule has 0 saturated heterocycles. The molecule has 0 bridgehead atoms. The van der Waals surface area contributed by atoms with Crippen LogP contribution in [0.15, 0.2) is 22.7 Å². The van der Waals surface area contributed by atoms with Crippen LogP contribution in [0, 0.1) is 17.2 Å². The van der Waals surface area contributed by atoms with Gasteiger partial charge in [0, 0.05) is 17.2 Å². The van der Waals surface area contributed by atoms with Crippen LogP contribution in [0.5, 0.6) is 0 Å². The molecule has 0 aliphatic carbocycles. The minimum atomic E-state index is -0.245. The molecule has 0 fully saturated rings. The SMILES string of the molecule is CC(C)CC(CCl)(CCl)Cc1ccc(F)c(Br)c1. The molecule has 0 spiro atoms. The quantitative estimate of drug-likeness (QED) is 0.579. The summed E-state index contributed by atoms with van der Waals surface area (Å²) < 4.78 is 13.7. The van der Waals surface area contributed by atoms with E-state index in [9.17, 15) is 4.39 Å². The van der Waals surface area contributed by atoms with Gasteiger partial charge in [0.15, 0.2) is 0 Å². The van der Waals surface area contributed by atoms with Gasteiger partial charge in [0.1, 0.15) is 5.82 Å². The zero-order chi connectivity index (χ0) is 13.8. The molecule has 0 radical (unpaired) electrons. The van der Waals surface area contributed by atoms with Crippen molar-refractivity contribution in [3.8, 4) is 0 Å². The molecule has 0 amide bonds. The summed E-state index contributed by atoms with van der Waals surface area (Å²) in [5, 5.41) is 0. The molecule has 0 saturated carbocycles. The van der Waals surface area contributed by atoms with Crippen LogP contribution < -0.4 is 0 Å². The van der Waals surface area contributed by atoms with Crippen LogP contribution in [0.4, 0.5) is 4.39 Å². The summed E-state index contributed by atoms with van der Waals surface area (Å²) in [5.41, 5.74) is 0.944. The lowest BCUT2D eigenvalue weighted by Gasteiger charge is -2.31. The molecule has 0 heterocycles. The Bertz CT molecular complexity index is 389. The van der Waals surface area contributed by atoms with Crippen molar-refractivity contribution in [1.82, 2.24) is 0 Å². The van der Waals surface area contributed by atoms with E-state index in [1.54, 1.807) is 6.07 Å². The Labute approximate surface area is 127 Å². The largest absolute Gasteiger partial charge is 0.206 e. The highest BCUT2D eigenvalue weighted by Gasteiger charge is 2.29. The van der Waals surface area contributed by atoms with Gasteiger partial charge < -0.3 is 0 Å². The molecule has 4 heteroatoms. The average Bonchev–Trinajstić information content (AvgIpc) is 2.32. The van der Waals surface area contributed by atoms with Gasteiger partial charge in [-0.25, -0.2) is 4.39 Å². The van der Waals surface area contributed by atoms with Crippen molar-refractivity contribution in [2.75, 3.05) is 11.8 Å². The van der Waals surface area contributed by atoms with E-state index in [-0.39, 0.29) is 11.2 Å². The van der Waals surface area contributed by atoms with Crippen molar-refractivity contribution >= 4 is 39.1 Å². The molecule has 0 aliphatic rings. The lowest BCUT2D eigenvalue weighted by molar-refractivity contribution is 0.295. The standard InChI is InChI=1S/C14H18BrCl2F/c1-10(2)6-14(8-16,9-17)7-11-3-4-13(18)12(15)5-11/h3-5,10H,6-9H2,1-2H3. The predicted octanol–water partition coefficient (Wildman–Crippen LogP) is 5.64. The summed E-state index contributed by atoms with van der Waals surface area (Å²) in [5.74, 6) is 1.32. The van der Waals surface area contributed by atoms with Crippen LogP contribution in [0.3, 0.4) is 0 Å². The second kappa shape index (κ2) is 7.12. The normalized spacial score (nSPS) is 12.2. The van der Waals surface area contributed by atoms with Crippen LogP contribution in [0.2, 0.25) is 0 Å². The van der Waals surface area contributed by atoms with E-state index < -0.39 is 0 Å². The molecule has 0 atom stereocenters. The highest BCUT2D eigenvalue weighted by Crippen LogP contribution is 2.34. The maximum Gasteiger partial charge on any atom is 0.137 e. The summed E-state index contributed by atoms with van der Waals surface area (Å²) in [6.45, 7) is 4.32. The van der Waals surface area contributed by atoms with E-state index in [1.165, 1.54) is 6.07 Å². The van der Waals surface area contributed by atoms with Gasteiger partial charge in [-0.3, -0.25) is 0 Å². The molecule has 18 heavy (non-hydrogen) atoms. The molecule has 1 aromatic rings. The number of hydrogen-bond acceptors (Lipinski definition) is 0. The molecule has 0 unspecified atom stereocenters. The van der Waals surface area contributed by atoms with Crippen LogP contribution in [0.1, 0.15) is 25.8 Å². The molecule has 0 nitrogen and oxygen atoms in total. The number of benzene rings is 1. The number of halogens is 4. The molecule has 0 aromatic heterocycles. The van der Waals surface area contributed by atoms with Gasteiger partial charge in [0.2, 0.25) is 0 Å². The van der Waals surface area contributed by atoms with E-state index in [1.807, 2.05) is 6.07 Å². The Morgan fingerprint density at radius 1 is 1.28 bits per heavy atom. The summed E-state index contributed by atoms with van der Waals surface area (Å²) in [4.78, 5) is 0. The second-order valence-electron chi connectivity index (χ2n) is 5.29. The van der Waals surface area contributed by atoms with Gasteiger partial charge in [0.25, 0.3) is 0 Å². The van der Waals surface area contributed by atoms with E-state index in [2.05, 4.69) is 29.8 Å². The Morgan fingerprint density at radius 2 is 1.89 bits per heavy atom. The van der Waals surface area contributed by atoms with Crippen molar-refractivity contribution < 1.29 is 4.39 Å². The third kappa shape index (κ3) is 4.40. The van der Waals surface area contributed by atoms with Gasteiger partial charge in [-0.15, -0.1) is 23.2 Å². The zero-order valence-electron chi connectivity index (χ0n) is 10.6. The van der Waals surface area contributed by atoms with Crippen molar-refractivity contribution in [2.45, 2.75) is 26.7 Å². The first-order chi connectivity index (χ1) is 8.42. The monoisotopic (exact) mass is 354 g/mol. The first-order valence-electron chi connectivity index (χ1n) is 5.98. The minimum Gasteiger partial charge on any atom is -0.206 e. The van der Waals surface area contributed by atoms with E-state index in [4.69, 9.17) is 23.2 Å². The van der Waals surface area contributed by atoms with Gasteiger partial charge in [-0.2, -0.15) is 0 Å².